The van der Waals surface area contributed by atoms with E-state index in [1.165, 1.54) is 12.3 Å². The average Bonchev–Trinajstić information content (AvgIpc) is 4.12. The van der Waals surface area contributed by atoms with E-state index in [1.54, 1.807) is 17.0 Å². The standard InChI is InChI=1S/C51H57ClF4N8O5/c1-47(2,3)19-38-50(26-58-35-18-37(51(54,55)56)57-20-33(35)50)40(32-5-4-6-34(52)41(32)53)42(59-38)44(67)61-49-14-11-48(12-15-49,13-16-49)46(69)63-23-28-21-62(22-29(28)24-63)30-7-8-31-27(17-30)25-64(45(31)68)36-9-10-39(65)60-43(36)66/h4-8,17-18,20,28-29,36,38,40,42,58-59H,9-16,19,21-26H2,1-3H3,(H,61,67)(H,60,65,66)/t28-,29+,36?,38-,40-,42+,48?,49?,50-/m0/s1. The quantitative estimate of drug-likeness (QED) is 0.150. The first-order valence-corrected chi connectivity index (χ1v) is 24.7. The Morgan fingerprint density at radius 3 is 2.32 bits per heavy atom. The summed E-state index contributed by atoms with van der Waals surface area (Å²) >= 11 is 6.42. The number of piperidine rings is 1. The van der Waals surface area contributed by atoms with Crippen LogP contribution in [0.5, 0.6) is 0 Å². The molecule has 1 aromatic heterocycles. The van der Waals surface area contributed by atoms with Gasteiger partial charge in [-0.1, -0.05) is 44.5 Å². The van der Waals surface area contributed by atoms with Gasteiger partial charge in [-0.2, -0.15) is 13.2 Å². The van der Waals surface area contributed by atoms with Crippen molar-refractivity contribution >= 4 is 52.5 Å². The highest BCUT2D eigenvalue weighted by Gasteiger charge is 2.63. The first-order valence-electron chi connectivity index (χ1n) is 24.3. The van der Waals surface area contributed by atoms with E-state index in [9.17, 15) is 32.3 Å². The number of anilines is 2. The van der Waals surface area contributed by atoms with Gasteiger partial charge in [0.25, 0.3) is 5.91 Å². The smallest absolute Gasteiger partial charge is 0.384 e. The largest absolute Gasteiger partial charge is 0.433 e. The summed E-state index contributed by atoms with van der Waals surface area (Å²) in [5.41, 5.74) is -0.104. The second-order valence-electron chi connectivity index (χ2n) is 22.5. The first-order chi connectivity index (χ1) is 32.7. The summed E-state index contributed by atoms with van der Waals surface area (Å²) in [5, 5.41) is 12.5. The third-order valence-corrected chi connectivity index (χ3v) is 17.6. The Hall–Kier alpha value is -5.29. The molecule has 1 unspecified atom stereocenters. The van der Waals surface area contributed by atoms with Crippen molar-refractivity contribution in [2.75, 3.05) is 42.9 Å². The van der Waals surface area contributed by atoms with Crippen LogP contribution >= 0.6 is 11.6 Å². The van der Waals surface area contributed by atoms with Gasteiger partial charge in [0, 0.05) is 115 Å². The van der Waals surface area contributed by atoms with Gasteiger partial charge in [-0.05, 0) is 98.2 Å². The summed E-state index contributed by atoms with van der Waals surface area (Å²) in [6, 6.07) is 9.42. The number of alkyl halides is 3. The van der Waals surface area contributed by atoms with Gasteiger partial charge in [0.15, 0.2) is 0 Å². The Kier molecular flexibility index (Phi) is 10.8. The molecule has 4 saturated heterocycles. The predicted molar refractivity (Wildman–Crippen MR) is 248 cm³/mol. The van der Waals surface area contributed by atoms with Gasteiger partial charge in [-0.3, -0.25) is 34.3 Å². The molecule has 69 heavy (non-hydrogen) atoms. The summed E-state index contributed by atoms with van der Waals surface area (Å²) < 4.78 is 58.2. The van der Waals surface area contributed by atoms with Gasteiger partial charge in [0.2, 0.25) is 23.6 Å². The molecule has 3 aromatic rings. The molecule has 7 heterocycles. The van der Waals surface area contributed by atoms with Crippen LogP contribution in [0.15, 0.2) is 48.7 Å². The number of nitrogens with zero attached hydrogens (tertiary/aromatic N) is 4. The minimum Gasteiger partial charge on any atom is -0.384 e. The topological polar surface area (TPSA) is 156 Å². The van der Waals surface area contributed by atoms with Gasteiger partial charge in [-0.15, -0.1) is 0 Å². The van der Waals surface area contributed by atoms with Gasteiger partial charge < -0.3 is 30.7 Å². The van der Waals surface area contributed by atoms with Crippen LogP contribution in [0.4, 0.5) is 28.9 Å². The number of pyridine rings is 1. The van der Waals surface area contributed by atoms with Crippen LogP contribution in [0, 0.1) is 28.5 Å². The van der Waals surface area contributed by atoms with E-state index in [2.05, 4.69) is 56.8 Å². The Bertz CT molecular complexity index is 2650. The van der Waals surface area contributed by atoms with Crippen molar-refractivity contribution in [3.05, 3.63) is 87.4 Å². The fourth-order valence-corrected chi connectivity index (χ4v) is 14.0. The Labute approximate surface area is 402 Å². The molecule has 1 spiro atoms. The lowest BCUT2D eigenvalue weighted by atomic mass is 9.56. The number of likely N-dealkylation sites (tertiary alicyclic amines) is 1. The summed E-state index contributed by atoms with van der Waals surface area (Å²) in [6.07, 6.45) is 1.29. The number of benzene rings is 2. The predicted octanol–water partition coefficient (Wildman–Crippen LogP) is 6.68. The van der Waals surface area contributed by atoms with Gasteiger partial charge in [0.05, 0.1) is 11.1 Å². The van der Waals surface area contributed by atoms with E-state index in [0.29, 0.717) is 82.1 Å². The number of carbonyl (C=O) groups is 5. The highest BCUT2D eigenvalue weighted by Crippen LogP contribution is 2.58. The molecule has 2 bridgehead atoms. The van der Waals surface area contributed by atoms with E-state index < -0.39 is 64.0 Å². The number of hydrogen-bond donors (Lipinski definition) is 4. The molecule has 7 fully saturated rings. The summed E-state index contributed by atoms with van der Waals surface area (Å²) in [5.74, 6) is -2.06. The van der Waals surface area contributed by atoms with E-state index >= 15 is 9.18 Å². The maximum Gasteiger partial charge on any atom is 0.433 e. The summed E-state index contributed by atoms with van der Waals surface area (Å²) in [6.45, 7) is 9.51. The summed E-state index contributed by atoms with van der Waals surface area (Å²) in [4.78, 5) is 77.0. The maximum atomic E-state index is 16.4. The highest BCUT2D eigenvalue weighted by molar-refractivity contribution is 6.30. The first kappa shape index (κ1) is 46.1. The van der Waals surface area contributed by atoms with Crippen LogP contribution in [0.1, 0.15) is 117 Å². The van der Waals surface area contributed by atoms with Crippen LogP contribution < -0.4 is 26.2 Å². The van der Waals surface area contributed by atoms with E-state index in [0.717, 1.165) is 30.4 Å². The Morgan fingerprint density at radius 2 is 1.65 bits per heavy atom. The number of amides is 5. The van der Waals surface area contributed by atoms with Crippen molar-refractivity contribution in [3.8, 4) is 0 Å². The van der Waals surface area contributed by atoms with Crippen LogP contribution in [0.25, 0.3) is 0 Å². The van der Waals surface area contributed by atoms with Gasteiger partial charge >= 0.3 is 6.18 Å². The molecule has 6 aliphatic heterocycles. The number of aromatic nitrogens is 1. The van der Waals surface area contributed by atoms with Crippen LogP contribution in [-0.4, -0.2) is 101 Å². The number of rotatable bonds is 7. The minimum atomic E-state index is -4.67. The fourth-order valence-electron chi connectivity index (χ4n) is 13.8. The molecule has 9 aliphatic rings. The van der Waals surface area contributed by atoms with Crippen molar-refractivity contribution in [1.82, 2.24) is 30.7 Å². The number of fused-ring (bicyclic) bond motifs is 7. The van der Waals surface area contributed by atoms with E-state index in [-0.39, 0.29) is 70.1 Å². The monoisotopic (exact) mass is 972 g/mol. The molecule has 2 aromatic carbocycles. The normalized spacial score (nSPS) is 32.6. The average molecular weight is 974 g/mol. The molecule has 5 amide bonds. The molecule has 366 valence electrons. The second-order valence-corrected chi connectivity index (χ2v) is 22.9. The lowest BCUT2D eigenvalue weighted by Crippen LogP contribution is -2.62. The Morgan fingerprint density at radius 1 is 0.942 bits per heavy atom. The SMILES string of the molecule is CC(C)(C)C[C@@H]1N[C@@H](C(=O)NC23CCC(C(=O)N4C[C@@H]5CN(c6ccc7c(c6)CN(C6CCC(=O)NC6=O)C7=O)C[C@@H]5C4)(CC2)CC3)[C@H](c2cccc(Cl)c2F)[C@]12CNc1cc(C(F)(F)F)ncc12. The van der Waals surface area contributed by atoms with E-state index in [4.69, 9.17) is 11.6 Å². The van der Waals surface area contributed by atoms with Crippen molar-refractivity contribution in [3.63, 3.8) is 0 Å². The number of imide groups is 1. The molecule has 0 radical (unpaired) electrons. The number of nitrogens with one attached hydrogen (secondary N) is 4. The Balaban J connectivity index is 0.769. The van der Waals surface area contributed by atoms with Gasteiger partial charge in [0.1, 0.15) is 17.6 Å². The molecule has 7 atom stereocenters. The lowest BCUT2D eigenvalue weighted by molar-refractivity contribution is -0.150. The second kappa shape index (κ2) is 16.1. The summed E-state index contributed by atoms with van der Waals surface area (Å²) in [7, 11) is 0. The zero-order valence-electron chi connectivity index (χ0n) is 38.9. The van der Waals surface area contributed by atoms with Crippen molar-refractivity contribution in [2.24, 2.45) is 22.7 Å². The van der Waals surface area contributed by atoms with Crippen LogP contribution in [-0.2, 0) is 37.3 Å². The molecule has 3 aliphatic carbocycles. The van der Waals surface area contributed by atoms with Crippen molar-refractivity contribution in [1.29, 1.82) is 0 Å². The van der Waals surface area contributed by atoms with Crippen LogP contribution in [0.2, 0.25) is 5.02 Å². The zero-order chi connectivity index (χ0) is 48.6. The molecule has 13 nitrogen and oxygen atoms in total. The molecule has 12 rings (SSSR count). The lowest BCUT2D eigenvalue weighted by Gasteiger charge is -2.53. The molecule has 18 heteroatoms. The maximum absolute atomic E-state index is 16.4. The number of carbonyl (C=O) groups excluding carboxylic acids is 5. The molecule has 4 N–H and O–H groups in total. The highest BCUT2D eigenvalue weighted by atomic mass is 35.5. The van der Waals surface area contributed by atoms with Gasteiger partial charge in [-0.25, -0.2) is 4.39 Å². The number of halogens is 5. The van der Waals surface area contributed by atoms with Crippen molar-refractivity contribution in [2.45, 2.75) is 126 Å². The third kappa shape index (κ3) is 7.57. The van der Waals surface area contributed by atoms with E-state index in [1.807, 2.05) is 18.2 Å². The molecule has 3 saturated carbocycles. The zero-order valence-corrected chi connectivity index (χ0v) is 39.7. The van der Waals surface area contributed by atoms with Crippen molar-refractivity contribution < 1.29 is 41.5 Å². The number of hydrogen-bond acceptors (Lipinski definition) is 9. The fraction of sp³-hybridized carbons (Fsp3) is 0.569. The third-order valence-electron chi connectivity index (χ3n) is 17.3. The minimum absolute atomic E-state index is 0.115. The van der Waals surface area contributed by atoms with Crippen LogP contribution in [0.3, 0.4) is 0 Å². The molecular formula is C51H57ClF4N8O5. The molecular weight excluding hydrogens is 916 g/mol.